The highest BCUT2D eigenvalue weighted by molar-refractivity contribution is 5.88. The highest BCUT2D eigenvalue weighted by Gasteiger charge is 2.30. The Bertz CT molecular complexity index is 450. The summed E-state index contributed by atoms with van der Waals surface area (Å²) in [5.41, 5.74) is -0.226. The van der Waals surface area contributed by atoms with Gasteiger partial charge in [0.1, 0.15) is 0 Å². The molecule has 0 unspecified atom stereocenters. The van der Waals surface area contributed by atoms with Crippen molar-refractivity contribution in [2.45, 2.75) is 19.5 Å². The highest BCUT2D eigenvalue weighted by Crippen LogP contribution is 2.29. The third kappa shape index (κ3) is 3.91. The van der Waals surface area contributed by atoms with Gasteiger partial charge in [0.15, 0.2) is 0 Å². The van der Waals surface area contributed by atoms with E-state index in [-0.39, 0.29) is 18.6 Å². The number of carbonyl (C=O) groups excluding carboxylic acids is 1. The summed E-state index contributed by atoms with van der Waals surface area (Å²) in [6, 6.07) is 4.80. The molecule has 1 rings (SSSR count). The predicted molar refractivity (Wildman–Crippen MR) is 60.9 cm³/mol. The third-order valence-corrected chi connectivity index (χ3v) is 2.24. The second kappa shape index (κ2) is 5.71. The van der Waals surface area contributed by atoms with Crippen molar-refractivity contribution in [3.05, 3.63) is 47.5 Å². The first-order chi connectivity index (χ1) is 8.34. The van der Waals surface area contributed by atoms with Crippen LogP contribution in [0.4, 0.5) is 13.2 Å². The number of benzene rings is 1. The summed E-state index contributed by atoms with van der Waals surface area (Å²) in [5.74, 6) is -0.588. The highest BCUT2D eigenvalue weighted by atomic mass is 19.4. The van der Waals surface area contributed by atoms with E-state index in [2.05, 4.69) is 6.58 Å². The molecule has 0 aliphatic heterocycles. The van der Waals surface area contributed by atoms with E-state index < -0.39 is 17.7 Å². The van der Waals surface area contributed by atoms with E-state index in [0.29, 0.717) is 5.56 Å². The molecule has 0 radical (unpaired) electrons. The molecule has 0 heterocycles. The SMILES string of the molecule is C=C(Cc1cccc(C(F)(F)F)c1)C(=O)OCC. The maximum Gasteiger partial charge on any atom is 0.416 e. The summed E-state index contributed by atoms with van der Waals surface area (Å²) in [5, 5.41) is 0. The zero-order chi connectivity index (χ0) is 13.8. The molecule has 0 aliphatic rings. The summed E-state index contributed by atoms with van der Waals surface area (Å²) in [6.07, 6.45) is -4.34. The Kier molecular flexibility index (Phi) is 4.53. The Morgan fingerprint density at radius 2 is 2.06 bits per heavy atom. The molecule has 5 heteroatoms. The van der Waals surface area contributed by atoms with Crippen LogP contribution in [-0.2, 0) is 22.1 Å². The molecule has 0 saturated carbocycles. The zero-order valence-corrected chi connectivity index (χ0v) is 9.88. The summed E-state index contributed by atoms with van der Waals surface area (Å²) in [4.78, 5) is 11.3. The van der Waals surface area contributed by atoms with Crippen LogP contribution in [0.25, 0.3) is 0 Å². The fourth-order valence-corrected chi connectivity index (χ4v) is 1.41. The molecule has 0 saturated heterocycles. The summed E-state index contributed by atoms with van der Waals surface area (Å²) in [7, 11) is 0. The Morgan fingerprint density at radius 1 is 1.39 bits per heavy atom. The minimum Gasteiger partial charge on any atom is -0.463 e. The molecule has 0 amide bonds. The van der Waals surface area contributed by atoms with Crippen molar-refractivity contribution in [1.29, 1.82) is 0 Å². The van der Waals surface area contributed by atoms with E-state index in [9.17, 15) is 18.0 Å². The zero-order valence-electron chi connectivity index (χ0n) is 9.88. The first-order valence-electron chi connectivity index (χ1n) is 5.35. The van der Waals surface area contributed by atoms with Crippen molar-refractivity contribution >= 4 is 5.97 Å². The molecule has 1 aromatic rings. The second-order valence-corrected chi connectivity index (χ2v) is 3.70. The maximum atomic E-state index is 12.5. The van der Waals surface area contributed by atoms with Gasteiger partial charge in [-0.05, 0) is 18.6 Å². The lowest BCUT2D eigenvalue weighted by Gasteiger charge is -2.09. The molecule has 1 aromatic carbocycles. The van der Waals surface area contributed by atoms with Crippen molar-refractivity contribution in [2.24, 2.45) is 0 Å². The molecular formula is C13H13F3O2. The van der Waals surface area contributed by atoms with Crippen molar-refractivity contribution in [3.63, 3.8) is 0 Å². The quantitative estimate of drug-likeness (QED) is 0.611. The van der Waals surface area contributed by atoms with Gasteiger partial charge in [0.25, 0.3) is 0 Å². The Morgan fingerprint density at radius 3 is 2.61 bits per heavy atom. The molecule has 98 valence electrons. The number of rotatable bonds is 4. The number of carbonyl (C=O) groups is 1. The second-order valence-electron chi connectivity index (χ2n) is 3.70. The molecule has 0 aliphatic carbocycles. The normalized spacial score (nSPS) is 11.1. The minimum atomic E-state index is -4.39. The molecule has 0 bridgehead atoms. The van der Waals surface area contributed by atoms with Gasteiger partial charge in [-0.1, -0.05) is 24.8 Å². The minimum absolute atomic E-state index is 0.0444. The van der Waals surface area contributed by atoms with Gasteiger partial charge < -0.3 is 4.74 Å². The largest absolute Gasteiger partial charge is 0.463 e. The Labute approximate surface area is 103 Å². The van der Waals surface area contributed by atoms with Gasteiger partial charge in [0.05, 0.1) is 12.2 Å². The van der Waals surface area contributed by atoms with E-state index >= 15 is 0 Å². The van der Waals surface area contributed by atoms with Crippen LogP contribution in [-0.4, -0.2) is 12.6 Å². The van der Waals surface area contributed by atoms with Gasteiger partial charge in [-0.3, -0.25) is 0 Å². The average molecular weight is 258 g/mol. The number of hydrogen-bond acceptors (Lipinski definition) is 2. The smallest absolute Gasteiger partial charge is 0.416 e. The molecular weight excluding hydrogens is 245 g/mol. The van der Waals surface area contributed by atoms with Gasteiger partial charge >= 0.3 is 12.1 Å². The van der Waals surface area contributed by atoms with Gasteiger partial charge in [0, 0.05) is 12.0 Å². The van der Waals surface area contributed by atoms with Gasteiger partial charge in [-0.2, -0.15) is 13.2 Å². The predicted octanol–water partition coefficient (Wildman–Crippen LogP) is 3.37. The lowest BCUT2D eigenvalue weighted by Crippen LogP contribution is -2.10. The van der Waals surface area contributed by atoms with Crippen LogP contribution in [0.2, 0.25) is 0 Å². The fraction of sp³-hybridized carbons (Fsp3) is 0.308. The number of hydrogen-bond donors (Lipinski definition) is 0. The molecule has 0 aromatic heterocycles. The molecule has 18 heavy (non-hydrogen) atoms. The molecule has 0 spiro atoms. The van der Waals surface area contributed by atoms with Crippen LogP contribution >= 0.6 is 0 Å². The van der Waals surface area contributed by atoms with Gasteiger partial charge in [-0.25, -0.2) is 4.79 Å². The van der Waals surface area contributed by atoms with Gasteiger partial charge in [0.2, 0.25) is 0 Å². The van der Waals surface area contributed by atoms with Crippen LogP contribution in [0.15, 0.2) is 36.4 Å². The molecule has 0 atom stereocenters. The van der Waals surface area contributed by atoms with Gasteiger partial charge in [-0.15, -0.1) is 0 Å². The topological polar surface area (TPSA) is 26.3 Å². The standard InChI is InChI=1S/C13H13F3O2/c1-3-18-12(17)9(2)7-10-5-4-6-11(8-10)13(14,15)16/h4-6,8H,2-3,7H2,1H3. The lowest BCUT2D eigenvalue weighted by molar-refractivity contribution is -0.138. The van der Waals surface area contributed by atoms with Crippen LogP contribution in [0.1, 0.15) is 18.1 Å². The van der Waals surface area contributed by atoms with Crippen LogP contribution in [0.3, 0.4) is 0 Å². The third-order valence-electron chi connectivity index (χ3n) is 2.24. The van der Waals surface area contributed by atoms with Crippen molar-refractivity contribution in [1.82, 2.24) is 0 Å². The Hall–Kier alpha value is -1.78. The Balaban J connectivity index is 2.80. The summed E-state index contributed by atoms with van der Waals surface area (Å²) in [6.45, 7) is 5.36. The number of halogens is 3. The van der Waals surface area contributed by atoms with Crippen molar-refractivity contribution in [3.8, 4) is 0 Å². The number of alkyl halides is 3. The molecule has 2 nitrogen and oxygen atoms in total. The average Bonchev–Trinajstić information content (AvgIpc) is 2.28. The van der Waals surface area contributed by atoms with E-state index in [4.69, 9.17) is 4.74 Å². The molecule has 0 fully saturated rings. The van der Waals surface area contributed by atoms with E-state index in [1.807, 2.05) is 0 Å². The van der Waals surface area contributed by atoms with E-state index in [1.165, 1.54) is 12.1 Å². The van der Waals surface area contributed by atoms with Crippen molar-refractivity contribution < 1.29 is 22.7 Å². The summed E-state index contributed by atoms with van der Waals surface area (Å²) < 4.78 is 42.1. The lowest BCUT2D eigenvalue weighted by atomic mass is 10.0. The first-order valence-corrected chi connectivity index (χ1v) is 5.35. The van der Waals surface area contributed by atoms with E-state index in [1.54, 1.807) is 6.92 Å². The monoisotopic (exact) mass is 258 g/mol. The van der Waals surface area contributed by atoms with Crippen LogP contribution in [0, 0.1) is 0 Å². The van der Waals surface area contributed by atoms with E-state index in [0.717, 1.165) is 12.1 Å². The summed E-state index contributed by atoms with van der Waals surface area (Å²) >= 11 is 0. The van der Waals surface area contributed by atoms with Crippen molar-refractivity contribution in [2.75, 3.05) is 6.61 Å². The maximum absolute atomic E-state index is 12.5. The van der Waals surface area contributed by atoms with Crippen LogP contribution < -0.4 is 0 Å². The fourth-order valence-electron chi connectivity index (χ4n) is 1.41. The number of ether oxygens (including phenoxy) is 1. The first kappa shape index (κ1) is 14.3. The number of esters is 1. The van der Waals surface area contributed by atoms with Crippen LogP contribution in [0.5, 0.6) is 0 Å². The molecule has 0 N–H and O–H groups in total.